The number of esters is 1. The third-order valence-corrected chi connectivity index (χ3v) is 2.52. The largest absolute Gasteiger partial charge is 0.449 e. The van der Waals surface area contributed by atoms with Crippen molar-refractivity contribution in [3.8, 4) is 0 Å². The Bertz CT molecular complexity index is 436. The van der Waals surface area contributed by atoms with Gasteiger partial charge >= 0.3 is 5.97 Å². The average Bonchev–Trinajstić information content (AvgIpc) is 2.21. The first-order valence-electron chi connectivity index (χ1n) is 4.37. The molecule has 1 aromatic carbocycles. The van der Waals surface area contributed by atoms with Gasteiger partial charge in [-0.05, 0) is 41.1 Å². The van der Waals surface area contributed by atoms with E-state index >= 15 is 0 Å². The van der Waals surface area contributed by atoms with E-state index in [4.69, 9.17) is 10.5 Å². The van der Waals surface area contributed by atoms with Gasteiger partial charge in [0.15, 0.2) is 6.10 Å². The molecule has 6 heteroatoms. The molecule has 0 spiro atoms. The smallest absolute Gasteiger partial charge is 0.340 e. The quantitative estimate of drug-likeness (QED) is 0.860. The summed E-state index contributed by atoms with van der Waals surface area (Å²) >= 11 is 3.07. The lowest BCUT2D eigenvalue weighted by Gasteiger charge is -2.10. The monoisotopic (exact) mass is 289 g/mol. The minimum absolute atomic E-state index is 0.00750. The number of benzene rings is 1. The number of nitrogens with two attached hydrogens (primary N) is 1. The highest BCUT2D eigenvalue weighted by atomic mass is 79.9. The first-order chi connectivity index (χ1) is 7.41. The zero-order valence-corrected chi connectivity index (χ0v) is 9.95. The highest BCUT2D eigenvalue weighted by Gasteiger charge is 2.18. The molecule has 0 aliphatic heterocycles. The molecule has 0 heterocycles. The van der Waals surface area contributed by atoms with Crippen molar-refractivity contribution in [2.45, 2.75) is 13.0 Å². The van der Waals surface area contributed by atoms with Gasteiger partial charge in [-0.1, -0.05) is 0 Å². The van der Waals surface area contributed by atoms with Crippen LogP contribution in [0.25, 0.3) is 0 Å². The van der Waals surface area contributed by atoms with Crippen molar-refractivity contribution in [1.29, 1.82) is 0 Å². The number of carbonyl (C=O) groups excluding carboxylic acids is 2. The summed E-state index contributed by atoms with van der Waals surface area (Å²) in [6.07, 6.45) is -1.05. The average molecular weight is 290 g/mol. The van der Waals surface area contributed by atoms with E-state index in [1.807, 2.05) is 0 Å². The van der Waals surface area contributed by atoms with Crippen molar-refractivity contribution in [3.63, 3.8) is 0 Å². The third kappa shape index (κ3) is 3.03. The minimum atomic E-state index is -1.05. The first kappa shape index (κ1) is 12.6. The van der Waals surface area contributed by atoms with Gasteiger partial charge in [0.25, 0.3) is 5.91 Å². The molecule has 1 aromatic rings. The maximum absolute atomic E-state index is 12.9. The van der Waals surface area contributed by atoms with Crippen LogP contribution < -0.4 is 5.73 Å². The molecule has 0 aliphatic rings. The summed E-state index contributed by atoms with van der Waals surface area (Å²) in [4.78, 5) is 22.2. The van der Waals surface area contributed by atoms with E-state index in [-0.39, 0.29) is 5.56 Å². The van der Waals surface area contributed by atoms with Gasteiger partial charge in [-0.2, -0.15) is 0 Å². The van der Waals surface area contributed by atoms with E-state index in [0.29, 0.717) is 4.47 Å². The van der Waals surface area contributed by atoms with Crippen LogP contribution in [0.15, 0.2) is 22.7 Å². The molecule has 86 valence electrons. The minimum Gasteiger partial charge on any atom is -0.449 e. The Morgan fingerprint density at radius 1 is 1.50 bits per heavy atom. The summed E-state index contributed by atoms with van der Waals surface area (Å²) in [5.74, 6) is -2.14. The molecular weight excluding hydrogens is 281 g/mol. The summed E-state index contributed by atoms with van der Waals surface area (Å²) in [6, 6.07) is 3.58. The molecule has 16 heavy (non-hydrogen) atoms. The molecule has 2 N–H and O–H groups in total. The summed E-state index contributed by atoms with van der Waals surface area (Å²) in [7, 11) is 0. The summed E-state index contributed by atoms with van der Waals surface area (Å²) in [5, 5.41) is 0. The van der Waals surface area contributed by atoms with Gasteiger partial charge in [-0.3, -0.25) is 4.79 Å². The molecule has 0 fully saturated rings. The van der Waals surface area contributed by atoms with Gasteiger partial charge in [-0.25, -0.2) is 9.18 Å². The lowest BCUT2D eigenvalue weighted by Crippen LogP contribution is -2.30. The second-order valence-corrected chi connectivity index (χ2v) is 3.93. The Morgan fingerprint density at radius 2 is 2.12 bits per heavy atom. The van der Waals surface area contributed by atoms with E-state index in [0.717, 1.165) is 6.07 Å². The van der Waals surface area contributed by atoms with Crippen LogP contribution in [0.4, 0.5) is 4.39 Å². The molecule has 0 radical (unpaired) electrons. The number of primary amides is 1. The summed E-state index contributed by atoms with van der Waals surface area (Å²) in [6.45, 7) is 1.34. The standard InChI is InChI=1S/C10H9BrFNO3/c1-5(9(13)14)16-10(15)7-4-6(12)2-3-8(7)11/h2-5H,1H3,(H2,13,14)/t5-/m0/s1. The number of rotatable bonds is 3. The van der Waals surface area contributed by atoms with Crippen LogP contribution in [-0.2, 0) is 9.53 Å². The maximum atomic E-state index is 12.9. The number of carbonyl (C=O) groups is 2. The zero-order chi connectivity index (χ0) is 12.3. The van der Waals surface area contributed by atoms with Gasteiger partial charge in [0.2, 0.25) is 0 Å². The van der Waals surface area contributed by atoms with Crippen molar-refractivity contribution in [1.82, 2.24) is 0 Å². The van der Waals surface area contributed by atoms with Crippen molar-refractivity contribution >= 4 is 27.8 Å². The SMILES string of the molecule is C[C@H](OC(=O)c1cc(F)ccc1Br)C(N)=O. The Balaban J connectivity index is 2.88. The van der Waals surface area contributed by atoms with Crippen LogP contribution in [0.5, 0.6) is 0 Å². The van der Waals surface area contributed by atoms with Gasteiger partial charge in [0.1, 0.15) is 5.82 Å². The molecule has 1 atom stereocenters. The zero-order valence-electron chi connectivity index (χ0n) is 8.37. The summed E-state index contributed by atoms with van der Waals surface area (Å²) < 4.78 is 18.0. The van der Waals surface area contributed by atoms with Crippen LogP contribution in [0.3, 0.4) is 0 Å². The molecule has 0 unspecified atom stereocenters. The van der Waals surface area contributed by atoms with Crippen molar-refractivity contribution in [2.24, 2.45) is 5.73 Å². The van der Waals surface area contributed by atoms with Crippen LogP contribution >= 0.6 is 15.9 Å². The van der Waals surface area contributed by atoms with Crippen molar-refractivity contribution in [2.75, 3.05) is 0 Å². The molecule has 0 aliphatic carbocycles. The first-order valence-corrected chi connectivity index (χ1v) is 5.16. The Morgan fingerprint density at radius 3 is 2.69 bits per heavy atom. The van der Waals surface area contributed by atoms with Crippen molar-refractivity contribution < 1.29 is 18.7 Å². The number of halogens is 2. The molecule has 1 amide bonds. The molecule has 0 bridgehead atoms. The number of hydrogen-bond acceptors (Lipinski definition) is 3. The molecule has 0 saturated heterocycles. The Kier molecular flexibility index (Phi) is 4.00. The van der Waals surface area contributed by atoms with E-state index in [1.54, 1.807) is 0 Å². The number of ether oxygens (including phenoxy) is 1. The van der Waals surface area contributed by atoms with E-state index < -0.39 is 23.8 Å². The van der Waals surface area contributed by atoms with Crippen LogP contribution in [0.1, 0.15) is 17.3 Å². The fourth-order valence-electron chi connectivity index (χ4n) is 0.936. The van der Waals surface area contributed by atoms with Gasteiger partial charge in [-0.15, -0.1) is 0 Å². The van der Waals surface area contributed by atoms with Crippen LogP contribution in [-0.4, -0.2) is 18.0 Å². The Hall–Kier alpha value is -1.43. The lowest BCUT2D eigenvalue weighted by molar-refractivity contribution is -0.125. The number of hydrogen-bond donors (Lipinski definition) is 1. The Labute approximate surface area is 99.7 Å². The predicted octanol–water partition coefficient (Wildman–Crippen LogP) is 1.62. The second kappa shape index (κ2) is 5.07. The molecule has 0 saturated carbocycles. The lowest BCUT2D eigenvalue weighted by atomic mass is 10.2. The van der Waals surface area contributed by atoms with Gasteiger partial charge in [0, 0.05) is 4.47 Å². The fourth-order valence-corrected chi connectivity index (χ4v) is 1.34. The topological polar surface area (TPSA) is 69.4 Å². The number of amides is 1. The molecule has 4 nitrogen and oxygen atoms in total. The fraction of sp³-hybridized carbons (Fsp3) is 0.200. The molecular formula is C10H9BrFNO3. The summed E-state index contributed by atoms with van der Waals surface area (Å²) in [5.41, 5.74) is 4.94. The van der Waals surface area contributed by atoms with E-state index in [1.165, 1.54) is 19.1 Å². The maximum Gasteiger partial charge on any atom is 0.340 e. The molecule has 1 rings (SSSR count). The third-order valence-electron chi connectivity index (χ3n) is 1.83. The second-order valence-electron chi connectivity index (χ2n) is 3.07. The highest BCUT2D eigenvalue weighted by Crippen LogP contribution is 2.19. The van der Waals surface area contributed by atoms with Crippen molar-refractivity contribution in [3.05, 3.63) is 34.1 Å². The van der Waals surface area contributed by atoms with Crippen LogP contribution in [0.2, 0.25) is 0 Å². The normalized spacial score (nSPS) is 11.9. The van der Waals surface area contributed by atoms with E-state index in [9.17, 15) is 14.0 Å². The van der Waals surface area contributed by atoms with E-state index in [2.05, 4.69) is 15.9 Å². The predicted molar refractivity (Wildman–Crippen MR) is 58.2 cm³/mol. The molecule has 0 aromatic heterocycles. The van der Waals surface area contributed by atoms with Gasteiger partial charge in [0.05, 0.1) is 5.56 Å². The van der Waals surface area contributed by atoms with Crippen LogP contribution in [0, 0.1) is 5.82 Å². The highest BCUT2D eigenvalue weighted by molar-refractivity contribution is 9.10. The van der Waals surface area contributed by atoms with Gasteiger partial charge < -0.3 is 10.5 Å².